The van der Waals surface area contributed by atoms with Crippen LogP contribution in [0, 0.1) is 0 Å². The summed E-state index contributed by atoms with van der Waals surface area (Å²) in [7, 11) is 1.35. The van der Waals surface area contributed by atoms with Crippen LogP contribution in [0.3, 0.4) is 0 Å². The highest BCUT2D eigenvalue weighted by molar-refractivity contribution is 5.97. The van der Waals surface area contributed by atoms with E-state index in [1.54, 1.807) is 25.1 Å². The Balaban J connectivity index is 1.41. The van der Waals surface area contributed by atoms with Gasteiger partial charge in [0.05, 0.1) is 25.9 Å². The van der Waals surface area contributed by atoms with Crippen molar-refractivity contribution < 1.29 is 33.3 Å². The van der Waals surface area contributed by atoms with E-state index in [1.807, 2.05) is 73.7 Å². The molecule has 0 aliphatic rings. The molecule has 0 aromatic heterocycles. The van der Waals surface area contributed by atoms with Gasteiger partial charge < -0.3 is 23.7 Å². The lowest BCUT2D eigenvalue weighted by atomic mass is 10.0. The van der Waals surface area contributed by atoms with E-state index >= 15 is 0 Å². The number of rotatable bonds is 16. The highest BCUT2D eigenvalue weighted by Crippen LogP contribution is 2.35. The third-order valence-corrected chi connectivity index (χ3v) is 7.07. The van der Waals surface area contributed by atoms with Crippen molar-refractivity contribution in [1.82, 2.24) is 0 Å². The van der Waals surface area contributed by atoms with E-state index in [4.69, 9.17) is 23.7 Å². The maximum absolute atomic E-state index is 12.4. The fraction of sp³-hybridized carbons (Fsp3) is 0.297. The number of benzene rings is 4. The minimum atomic E-state index is -0.456. The van der Waals surface area contributed by atoms with Gasteiger partial charge in [-0.2, -0.15) is 0 Å². The predicted octanol–water partition coefficient (Wildman–Crippen LogP) is 8.41. The maximum Gasteiger partial charge on any atom is 0.341 e. The molecule has 0 heterocycles. The summed E-state index contributed by atoms with van der Waals surface area (Å²) in [6.07, 6.45) is 3.00. The van der Waals surface area contributed by atoms with Crippen molar-refractivity contribution in [2.75, 3.05) is 20.3 Å². The Morgan fingerprint density at radius 3 is 2.07 bits per heavy atom. The summed E-state index contributed by atoms with van der Waals surface area (Å²) in [6, 6.07) is 26.2. The third kappa shape index (κ3) is 8.40. The quantitative estimate of drug-likeness (QED) is 0.0730. The van der Waals surface area contributed by atoms with Crippen molar-refractivity contribution in [1.29, 1.82) is 0 Å². The molecule has 230 valence electrons. The number of esters is 1. The first kappa shape index (κ1) is 32.1. The Morgan fingerprint density at radius 2 is 1.36 bits per heavy atom. The average molecular weight is 597 g/mol. The van der Waals surface area contributed by atoms with Crippen LogP contribution in [0.2, 0.25) is 0 Å². The molecule has 0 bridgehead atoms. The zero-order valence-corrected chi connectivity index (χ0v) is 25.9. The molecular formula is C37H40O7. The fourth-order valence-electron chi connectivity index (χ4n) is 4.80. The second-order valence-corrected chi connectivity index (χ2v) is 10.3. The van der Waals surface area contributed by atoms with Crippen molar-refractivity contribution in [2.24, 2.45) is 0 Å². The molecule has 0 aliphatic heterocycles. The normalized spacial score (nSPS) is 10.6. The highest BCUT2D eigenvalue weighted by atomic mass is 16.5. The molecule has 0 atom stereocenters. The van der Waals surface area contributed by atoms with Crippen LogP contribution in [-0.2, 0) is 24.2 Å². The van der Waals surface area contributed by atoms with Gasteiger partial charge in [0, 0.05) is 18.1 Å². The number of methoxy groups -OCH3 is 1. The number of ketones is 1. The van der Waals surface area contributed by atoms with Crippen LogP contribution in [0.1, 0.15) is 71.0 Å². The number of carbonyl (C=O) groups is 2. The molecule has 7 nitrogen and oxygen atoms in total. The Labute approximate surface area is 259 Å². The largest absolute Gasteiger partial charge is 0.493 e. The molecule has 7 heteroatoms. The smallest absolute Gasteiger partial charge is 0.341 e. The molecule has 4 aromatic carbocycles. The van der Waals surface area contributed by atoms with E-state index in [2.05, 4.69) is 6.92 Å². The molecule has 0 saturated carbocycles. The molecule has 4 aromatic rings. The van der Waals surface area contributed by atoms with Gasteiger partial charge >= 0.3 is 5.97 Å². The number of carbonyl (C=O) groups excluding carboxylic acids is 2. The van der Waals surface area contributed by atoms with Gasteiger partial charge in [0.1, 0.15) is 40.9 Å². The van der Waals surface area contributed by atoms with Gasteiger partial charge in [-0.3, -0.25) is 4.79 Å². The lowest BCUT2D eigenvalue weighted by Crippen LogP contribution is -2.09. The van der Waals surface area contributed by atoms with Crippen LogP contribution >= 0.6 is 0 Å². The maximum atomic E-state index is 12.4. The number of Topliss-reactive ketones (excluding diaryl/α,β-unsaturated/α-hetero) is 1. The first-order valence-corrected chi connectivity index (χ1v) is 15.0. The van der Waals surface area contributed by atoms with Crippen LogP contribution in [0.4, 0.5) is 0 Å². The van der Waals surface area contributed by atoms with Gasteiger partial charge in [0.15, 0.2) is 5.78 Å². The van der Waals surface area contributed by atoms with Crippen LogP contribution in [0.5, 0.6) is 28.7 Å². The fourth-order valence-corrected chi connectivity index (χ4v) is 4.80. The zero-order chi connectivity index (χ0) is 31.3. The van der Waals surface area contributed by atoms with Gasteiger partial charge in [-0.15, -0.1) is 0 Å². The minimum Gasteiger partial charge on any atom is -0.493 e. The Kier molecular flexibility index (Phi) is 11.8. The monoisotopic (exact) mass is 596 g/mol. The van der Waals surface area contributed by atoms with Gasteiger partial charge in [0.25, 0.3) is 0 Å². The summed E-state index contributed by atoms with van der Waals surface area (Å²) in [5, 5.41) is 0. The van der Waals surface area contributed by atoms with E-state index in [0.717, 1.165) is 41.7 Å². The average Bonchev–Trinajstić information content (AvgIpc) is 3.05. The molecule has 0 amide bonds. The van der Waals surface area contributed by atoms with E-state index in [-0.39, 0.29) is 5.78 Å². The second kappa shape index (κ2) is 16.2. The molecule has 4 rings (SSSR count). The summed E-state index contributed by atoms with van der Waals surface area (Å²) in [4.78, 5) is 24.6. The molecule has 0 radical (unpaired) electrons. The first-order chi connectivity index (χ1) is 21.4. The third-order valence-electron chi connectivity index (χ3n) is 7.07. The lowest BCUT2D eigenvalue weighted by Gasteiger charge is -2.18. The molecule has 0 spiro atoms. The molecule has 0 saturated heterocycles. The first-order valence-electron chi connectivity index (χ1n) is 15.0. The van der Waals surface area contributed by atoms with Gasteiger partial charge in [-0.05, 0) is 61.2 Å². The number of hydrogen-bond acceptors (Lipinski definition) is 7. The summed E-state index contributed by atoms with van der Waals surface area (Å²) in [5.41, 5.74) is 3.81. The van der Waals surface area contributed by atoms with E-state index in [1.165, 1.54) is 7.11 Å². The van der Waals surface area contributed by atoms with Crippen molar-refractivity contribution in [3.05, 3.63) is 113 Å². The van der Waals surface area contributed by atoms with Crippen LogP contribution < -0.4 is 18.9 Å². The second-order valence-electron chi connectivity index (χ2n) is 10.3. The molecule has 44 heavy (non-hydrogen) atoms. The number of ether oxygens (including phenoxy) is 5. The van der Waals surface area contributed by atoms with Crippen molar-refractivity contribution >= 4 is 11.8 Å². The Hall–Kier alpha value is -4.78. The molecule has 0 aliphatic carbocycles. The predicted molar refractivity (Wildman–Crippen MR) is 170 cm³/mol. The number of hydrogen-bond donors (Lipinski definition) is 0. The Bertz CT molecular complexity index is 1550. The summed E-state index contributed by atoms with van der Waals surface area (Å²) < 4.78 is 29.6. The summed E-state index contributed by atoms with van der Waals surface area (Å²) in [6.45, 7) is 6.90. The Morgan fingerprint density at radius 1 is 0.682 bits per heavy atom. The topological polar surface area (TPSA) is 80.3 Å². The summed E-state index contributed by atoms with van der Waals surface area (Å²) in [5.74, 6) is 2.51. The van der Waals surface area contributed by atoms with Gasteiger partial charge in [-0.1, -0.05) is 68.8 Å². The standard InChI is InChI=1S/C37H40O7/c1-5-14-29-32(19-12-20-33(29)44-34-18-11-10-17-30(34)37(39)40-4)41-21-13-22-42-35-24-36(31(26(3)38)23-28(35)6-2)43-25-27-15-8-7-9-16-27/h7-12,15-20,23-24H,5-6,13-14,21-22,25H2,1-4H3. The van der Waals surface area contributed by atoms with Gasteiger partial charge in [-0.25, -0.2) is 4.79 Å². The van der Waals surface area contributed by atoms with Crippen molar-refractivity contribution in [3.8, 4) is 28.7 Å². The van der Waals surface area contributed by atoms with Crippen molar-refractivity contribution in [2.45, 2.75) is 53.1 Å². The molecular weight excluding hydrogens is 556 g/mol. The zero-order valence-electron chi connectivity index (χ0n) is 25.9. The van der Waals surface area contributed by atoms with E-state index in [9.17, 15) is 9.59 Å². The van der Waals surface area contributed by atoms with Crippen molar-refractivity contribution in [3.63, 3.8) is 0 Å². The highest BCUT2D eigenvalue weighted by Gasteiger charge is 2.17. The summed E-state index contributed by atoms with van der Waals surface area (Å²) >= 11 is 0. The van der Waals surface area contributed by atoms with Gasteiger partial charge in [0.2, 0.25) is 0 Å². The van der Waals surface area contributed by atoms with Crippen LogP contribution in [0.25, 0.3) is 0 Å². The lowest BCUT2D eigenvalue weighted by molar-refractivity contribution is 0.0597. The van der Waals surface area contributed by atoms with Crippen LogP contribution in [-0.4, -0.2) is 32.1 Å². The van der Waals surface area contributed by atoms with E-state index < -0.39 is 5.97 Å². The molecule has 0 fully saturated rings. The number of aryl methyl sites for hydroxylation is 1. The minimum absolute atomic E-state index is 0.0504. The van der Waals surface area contributed by atoms with Crippen LogP contribution in [0.15, 0.2) is 84.9 Å². The number of para-hydroxylation sites is 1. The SMILES string of the molecule is CCCc1c(OCCCOc2cc(OCc3ccccc3)c(C(C)=O)cc2CC)cccc1Oc1ccccc1C(=O)OC. The molecule has 0 unspecified atom stereocenters. The molecule has 0 N–H and O–H groups in total. The van der Waals surface area contributed by atoms with E-state index in [0.29, 0.717) is 60.4 Å².